The molecular formula is C15H11Br2FN2O2. The molecule has 114 valence electrons. The largest absolute Gasteiger partial charge is 0.325 e. The van der Waals surface area contributed by atoms with Crippen LogP contribution >= 0.6 is 31.9 Å². The maximum Gasteiger partial charge on any atom is 0.255 e. The van der Waals surface area contributed by atoms with E-state index in [4.69, 9.17) is 0 Å². The Morgan fingerprint density at radius 3 is 2.55 bits per heavy atom. The van der Waals surface area contributed by atoms with Crippen LogP contribution in [0.25, 0.3) is 0 Å². The lowest BCUT2D eigenvalue weighted by atomic mass is 10.2. The highest BCUT2D eigenvalue weighted by atomic mass is 79.9. The van der Waals surface area contributed by atoms with E-state index in [0.717, 1.165) is 0 Å². The van der Waals surface area contributed by atoms with E-state index >= 15 is 0 Å². The van der Waals surface area contributed by atoms with Crippen molar-refractivity contribution in [3.63, 3.8) is 0 Å². The molecule has 0 saturated heterocycles. The van der Waals surface area contributed by atoms with Gasteiger partial charge in [0, 0.05) is 15.7 Å². The molecule has 0 aliphatic rings. The standard InChI is InChI=1S/C15H11Br2FN2O2/c16-8-14(21)19-11-3-1-2-9(6-11)15(22)20-13-5-4-10(17)7-12(13)18/h1-7H,8H2,(H,19,21)(H,20,22). The summed E-state index contributed by atoms with van der Waals surface area (Å²) in [6, 6.07) is 10.8. The third-order valence-corrected chi connectivity index (χ3v) is 3.71. The molecule has 22 heavy (non-hydrogen) atoms. The highest BCUT2D eigenvalue weighted by Crippen LogP contribution is 2.20. The molecule has 0 spiro atoms. The van der Waals surface area contributed by atoms with Gasteiger partial charge in [-0.1, -0.05) is 37.9 Å². The summed E-state index contributed by atoms with van der Waals surface area (Å²) in [5.41, 5.74) is 0.895. The Morgan fingerprint density at radius 2 is 1.86 bits per heavy atom. The lowest BCUT2D eigenvalue weighted by Gasteiger charge is -2.08. The molecule has 2 amide bonds. The van der Waals surface area contributed by atoms with Crippen molar-refractivity contribution in [1.82, 2.24) is 0 Å². The Balaban J connectivity index is 2.15. The Hall–Kier alpha value is -1.73. The number of carbonyl (C=O) groups excluding carboxylic acids is 2. The average molecular weight is 430 g/mol. The second-order valence-corrected chi connectivity index (χ2v) is 5.82. The number of hydrogen-bond donors (Lipinski definition) is 2. The van der Waals surface area contributed by atoms with E-state index in [1.807, 2.05) is 0 Å². The molecule has 0 aliphatic carbocycles. The van der Waals surface area contributed by atoms with Crippen LogP contribution in [0.15, 0.2) is 46.9 Å². The predicted octanol–water partition coefficient (Wildman–Crippen LogP) is 4.17. The van der Waals surface area contributed by atoms with Gasteiger partial charge in [0.15, 0.2) is 0 Å². The van der Waals surface area contributed by atoms with E-state index in [9.17, 15) is 14.0 Å². The second kappa shape index (κ2) is 7.51. The molecule has 2 rings (SSSR count). The minimum Gasteiger partial charge on any atom is -0.325 e. The Labute approximate surface area is 143 Å². The first kappa shape index (κ1) is 16.6. The number of benzene rings is 2. The van der Waals surface area contributed by atoms with Crippen LogP contribution in [0.2, 0.25) is 0 Å². The van der Waals surface area contributed by atoms with Crippen molar-refractivity contribution in [2.24, 2.45) is 0 Å². The van der Waals surface area contributed by atoms with Crippen LogP contribution in [0.3, 0.4) is 0 Å². The number of carbonyl (C=O) groups is 2. The predicted molar refractivity (Wildman–Crippen MR) is 90.9 cm³/mol. The maximum atomic E-state index is 13.7. The number of rotatable bonds is 4. The summed E-state index contributed by atoms with van der Waals surface area (Å²) >= 11 is 6.19. The molecule has 7 heteroatoms. The van der Waals surface area contributed by atoms with E-state index in [0.29, 0.717) is 15.7 Å². The van der Waals surface area contributed by atoms with Crippen molar-refractivity contribution in [1.29, 1.82) is 0 Å². The van der Waals surface area contributed by atoms with Gasteiger partial charge in [0.1, 0.15) is 5.82 Å². The number of nitrogens with one attached hydrogen (secondary N) is 2. The van der Waals surface area contributed by atoms with Gasteiger partial charge in [-0.05, 0) is 36.4 Å². The number of anilines is 2. The fourth-order valence-corrected chi connectivity index (χ4v) is 2.19. The highest BCUT2D eigenvalue weighted by Gasteiger charge is 2.10. The van der Waals surface area contributed by atoms with E-state index < -0.39 is 11.7 Å². The highest BCUT2D eigenvalue weighted by molar-refractivity contribution is 9.10. The van der Waals surface area contributed by atoms with E-state index in [-0.39, 0.29) is 16.9 Å². The molecule has 4 nitrogen and oxygen atoms in total. The van der Waals surface area contributed by atoms with Crippen molar-refractivity contribution >= 4 is 55.0 Å². The first-order chi connectivity index (χ1) is 10.5. The molecule has 0 radical (unpaired) electrons. The van der Waals surface area contributed by atoms with Crippen LogP contribution in [-0.2, 0) is 4.79 Å². The molecule has 0 unspecified atom stereocenters. The first-order valence-electron chi connectivity index (χ1n) is 6.22. The lowest BCUT2D eigenvalue weighted by molar-refractivity contribution is -0.113. The van der Waals surface area contributed by atoms with Gasteiger partial charge < -0.3 is 10.6 Å². The zero-order chi connectivity index (χ0) is 16.1. The molecular weight excluding hydrogens is 419 g/mol. The zero-order valence-electron chi connectivity index (χ0n) is 11.2. The van der Waals surface area contributed by atoms with Crippen LogP contribution in [-0.4, -0.2) is 17.1 Å². The lowest BCUT2D eigenvalue weighted by Crippen LogP contribution is -2.15. The normalized spacial score (nSPS) is 10.1. The van der Waals surface area contributed by atoms with Gasteiger partial charge in [0.2, 0.25) is 5.91 Å². The third-order valence-electron chi connectivity index (χ3n) is 2.71. The molecule has 2 aromatic carbocycles. The third kappa shape index (κ3) is 4.38. The molecule has 0 saturated carbocycles. The maximum absolute atomic E-state index is 13.7. The molecule has 2 aromatic rings. The molecule has 0 aliphatic heterocycles. The van der Waals surface area contributed by atoms with Crippen LogP contribution in [0.1, 0.15) is 10.4 Å². The first-order valence-corrected chi connectivity index (χ1v) is 8.13. The molecule has 0 heterocycles. The van der Waals surface area contributed by atoms with Crippen LogP contribution in [0.4, 0.5) is 15.8 Å². The monoisotopic (exact) mass is 428 g/mol. The summed E-state index contributed by atoms with van der Waals surface area (Å²) in [5, 5.41) is 5.28. The average Bonchev–Trinajstić information content (AvgIpc) is 2.50. The van der Waals surface area contributed by atoms with Gasteiger partial charge in [-0.25, -0.2) is 4.39 Å². The van der Waals surface area contributed by atoms with Crippen LogP contribution in [0.5, 0.6) is 0 Å². The minimum atomic E-state index is -0.536. The summed E-state index contributed by atoms with van der Waals surface area (Å²) in [4.78, 5) is 23.5. The summed E-state index contributed by atoms with van der Waals surface area (Å²) in [6.07, 6.45) is 0. The molecule has 2 N–H and O–H groups in total. The number of hydrogen-bond acceptors (Lipinski definition) is 2. The molecule has 0 bridgehead atoms. The fourth-order valence-electron chi connectivity index (χ4n) is 1.72. The van der Waals surface area contributed by atoms with Crippen LogP contribution < -0.4 is 10.6 Å². The van der Waals surface area contributed by atoms with Gasteiger partial charge in [-0.3, -0.25) is 9.59 Å². The Morgan fingerprint density at radius 1 is 1.09 bits per heavy atom. The van der Waals surface area contributed by atoms with Crippen molar-refractivity contribution in [2.45, 2.75) is 0 Å². The van der Waals surface area contributed by atoms with Gasteiger partial charge in [-0.15, -0.1) is 0 Å². The Kier molecular flexibility index (Phi) is 5.68. The van der Waals surface area contributed by atoms with Crippen LogP contribution in [0, 0.1) is 5.82 Å². The summed E-state index contributed by atoms with van der Waals surface area (Å²) in [7, 11) is 0. The summed E-state index contributed by atoms with van der Waals surface area (Å²) < 4.78 is 14.3. The quantitative estimate of drug-likeness (QED) is 0.716. The van der Waals surface area contributed by atoms with Gasteiger partial charge in [0.25, 0.3) is 5.91 Å². The van der Waals surface area contributed by atoms with E-state index in [2.05, 4.69) is 42.5 Å². The minimum absolute atomic E-state index is 0.0862. The smallest absolute Gasteiger partial charge is 0.255 e. The second-order valence-electron chi connectivity index (χ2n) is 4.34. The number of halogens is 3. The van der Waals surface area contributed by atoms with E-state index in [1.54, 1.807) is 24.3 Å². The summed E-state index contributed by atoms with van der Waals surface area (Å²) in [5.74, 6) is -1.22. The number of amides is 2. The number of alkyl halides is 1. The molecule has 0 aromatic heterocycles. The van der Waals surface area contributed by atoms with Crippen molar-refractivity contribution in [2.75, 3.05) is 16.0 Å². The van der Waals surface area contributed by atoms with Gasteiger partial charge in [0.05, 0.1) is 11.0 Å². The SMILES string of the molecule is O=C(CBr)Nc1cccc(C(=O)Nc2ccc(Br)cc2F)c1. The fraction of sp³-hybridized carbons (Fsp3) is 0.0667. The zero-order valence-corrected chi connectivity index (χ0v) is 14.4. The topological polar surface area (TPSA) is 58.2 Å². The molecule has 0 atom stereocenters. The van der Waals surface area contributed by atoms with Gasteiger partial charge in [-0.2, -0.15) is 0 Å². The van der Waals surface area contributed by atoms with Crippen molar-refractivity contribution in [3.05, 3.63) is 58.3 Å². The molecule has 0 fully saturated rings. The van der Waals surface area contributed by atoms with Gasteiger partial charge >= 0.3 is 0 Å². The van der Waals surface area contributed by atoms with Crippen molar-refractivity contribution < 1.29 is 14.0 Å². The summed E-state index contributed by atoms with van der Waals surface area (Å²) in [6.45, 7) is 0. The van der Waals surface area contributed by atoms with Crippen molar-refractivity contribution in [3.8, 4) is 0 Å². The van der Waals surface area contributed by atoms with E-state index in [1.165, 1.54) is 18.2 Å². The Bertz CT molecular complexity index is 722.